The third-order valence-corrected chi connectivity index (χ3v) is 2.67. The van der Waals surface area contributed by atoms with Crippen molar-refractivity contribution < 1.29 is 4.79 Å². The first-order valence-corrected chi connectivity index (χ1v) is 5.87. The molecule has 1 amide bonds. The van der Waals surface area contributed by atoms with Crippen molar-refractivity contribution in [3.05, 3.63) is 40.9 Å². The van der Waals surface area contributed by atoms with Crippen molar-refractivity contribution in [2.75, 3.05) is 5.43 Å². The molecule has 0 unspecified atom stereocenters. The van der Waals surface area contributed by atoms with Gasteiger partial charge in [0.25, 0.3) is 5.91 Å². The normalized spacial score (nSPS) is 10.3. The van der Waals surface area contributed by atoms with E-state index in [0.29, 0.717) is 22.1 Å². The highest BCUT2D eigenvalue weighted by Crippen LogP contribution is 2.19. The number of hydrogen-bond acceptors (Lipinski definition) is 5. The zero-order valence-electron chi connectivity index (χ0n) is 10.2. The number of nitrogen functional groups attached to an aromatic ring is 1. The number of rotatable bonds is 4. The van der Waals surface area contributed by atoms with Crippen molar-refractivity contribution in [2.45, 2.75) is 6.54 Å². The van der Waals surface area contributed by atoms with E-state index in [1.165, 1.54) is 6.07 Å². The molecule has 0 fully saturated rings. The largest absolute Gasteiger partial charge is 0.345 e. The minimum Gasteiger partial charge on any atom is -0.345 e. The van der Waals surface area contributed by atoms with E-state index >= 15 is 0 Å². The second-order valence-corrected chi connectivity index (χ2v) is 4.29. The summed E-state index contributed by atoms with van der Waals surface area (Å²) in [6.45, 7) is 0.232. The summed E-state index contributed by atoms with van der Waals surface area (Å²) in [5, 5.41) is 7.22. The summed E-state index contributed by atoms with van der Waals surface area (Å²) < 4.78 is 1.56. The molecule has 0 saturated carbocycles. The van der Waals surface area contributed by atoms with Crippen LogP contribution >= 0.6 is 11.6 Å². The summed E-state index contributed by atoms with van der Waals surface area (Å²) in [5.74, 6) is 5.57. The zero-order chi connectivity index (χ0) is 13.8. The Labute approximate surface area is 114 Å². The monoisotopic (exact) mass is 280 g/mol. The van der Waals surface area contributed by atoms with Crippen LogP contribution in [0.1, 0.15) is 16.2 Å². The Balaban J connectivity index is 2.09. The Morgan fingerprint density at radius 2 is 2.32 bits per heavy atom. The number of amides is 1. The molecule has 0 bridgehead atoms. The van der Waals surface area contributed by atoms with Crippen LogP contribution in [0.3, 0.4) is 0 Å². The Morgan fingerprint density at radius 3 is 2.95 bits per heavy atom. The predicted octanol–water partition coefficient (Wildman–Crippen LogP) is 0.684. The van der Waals surface area contributed by atoms with Gasteiger partial charge in [-0.2, -0.15) is 5.10 Å². The van der Waals surface area contributed by atoms with Crippen LogP contribution in [0.15, 0.2) is 24.5 Å². The van der Waals surface area contributed by atoms with E-state index in [-0.39, 0.29) is 12.5 Å². The standard InChI is InChI=1S/C11H13ClN6O/c1-18-6-15-10(17-18)5-14-11(19)8-4-7(12)2-3-9(8)16-13/h2-4,6,16H,5,13H2,1H3,(H,14,19). The third kappa shape index (κ3) is 3.21. The average Bonchev–Trinajstić information content (AvgIpc) is 2.81. The molecule has 1 aromatic carbocycles. The SMILES string of the molecule is Cn1cnc(CNC(=O)c2cc(Cl)ccc2NN)n1. The van der Waals surface area contributed by atoms with Gasteiger partial charge in [-0.05, 0) is 18.2 Å². The van der Waals surface area contributed by atoms with Gasteiger partial charge in [-0.3, -0.25) is 15.3 Å². The van der Waals surface area contributed by atoms with E-state index in [2.05, 4.69) is 20.8 Å². The van der Waals surface area contributed by atoms with Gasteiger partial charge >= 0.3 is 0 Å². The highest BCUT2D eigenvalue weighted by atomic mass is 35.5. The van der Waals surface area contributed by atoms with Gasteiger partial charge in [0, 0.05) is 12.1 Å². The number of carbonyl (C=O) groups is 1. The van der Waals surface area contributed by atoms with E-state index in [4.69, 9.17) is 17.4 Å². The second kappa shape index (κ2) is 5.68. The van der Waals surface area contributed by atoms with Crippen LogP contribution in [0, 0.1) is 0 Å². The minimum absolute atomic E-state index is 0.232. The van der Waals surface area contributed by atoms with Crippen LogP contribution in [-0.4, -0.2) is 20.7 Å². The molecular formula is C11H13ClN6O. The first kappa shape index (κ1) is 13.3. The number of aryl methyl sites for hydroxylation is 1. The zero-order valence-corrected chi connectivity index (χ0v) is 11.0. The fourth-order valence-corrected chi connectivity index (χ4v) is 1.72. The number of nitrogens with zero attached hydrogens (tertiary/aromatic N) is 3. The highest BCUT2D eigenvalue weighted by Gasteiger charge is 2.12. The molecule has 7 nitrogen and oxygen atoms in total. The van der Waals surface area contributed by atoms with Crippen molar-refractivity contribution in [1.82, 2.24) is 20.1 Å². The smallest absolute Gasteiger partial charge is 0.253 e. The molecule has 1 heterocycles. The first-order valence-electron chi connectivity index (χ1n) is 5.49. The number of nitrogens with two attached hydrogens (primary N) is 1. The van der Waals surface area contributed by atoms with E-state index < -0.39 is 0 Å². The fourth-order valence-electron chi connectivity index (χ4n) is 1.55. The van der Waals surface area contributed by atoms with E-state index in [1.54, 1.807) is 30.2 Å². The lowest BCUT2D eigenvalue weighted by Gasteiger charge is -2.09. The summed E-state index contributed by atoms with van der Waals surface area (Å²) in [6.07, 6.45) is 1.56. The first-order chi connectivity index (χ1) is 9.10. The van der Waals surface area contributed by atoms with Crippen molar-refractivity contribution in [3.63, 3.8) is 0 Å². The maximum Gasteiger partial charge on any atom is 0.253 e. The summed E-state index contributed by atoms with van der Waals surface area (Å²) in [6, 6.07) is 4.82. The van der Waals surface area contributed by atoms with Crippen LogP contribution in [0.2, 0.25) is 5.02 Å². The molecule has 0 aliphatic carbocycles. The van der Waals surface area contributed by atoms with Gasteiger partial charge in [-0.15, -0.1) is 0 Å². The van der Waals surface area contributed by atoms with E-state index in [1.807, 2.05) is 0 Å². The molecule has 0 radical (unpaired) electrons. The van der Waals surface area contributed by atoms with Gasteiger partial charge in [0.15, 0.2) is 5.82 Å². The number of halogens is 1. The van der Waals surface area contributed by atoms with Crippen molar-refractivity contribution in [3.8, 4) is 0 Å². The molecular weight excluding hydrogens is 268 g/mol. The van der Waals surface area contributed by atoms with E-state index in [0.717, 1.165) is 0 Å². The van der Waals surface area contributed by atoms with Crippen LogP contribution in [0.4, 0.5) is 5.69 Å². The summed E-state index contributed by atoms with van der Waals surface area (Å²) in [4.78, 5) is 16.0. The van der Waals surface area contributed by atoms with Crippen LogP contribution in [0.5, 0.6) is 0 Å². The number of benzene rings is 1. The Bertz CT molecular complexity index is 597. The quantitative estimate of drug-likeness (QED) is 0.565. The number of nitrogens with one attached hydrogen (secondary N) is 2. The predicted molar refractivity (Wildman–Crippen MR) is 71.4 cm³/mol. The van der Waals surface area contributed by atoms with Crippen molar-refractivity contribution in [1.29, 1.82) is 0 Å². The van der Waals surface area contributed by atoms with Crippen LogP contribution in [0.25, 0.3) is 0 Å². The van der Waals surface area contributed by atoms with Crippen LogP contribution in [-0.2, 0) is 13.6 Å². The molecule has 2 rings (SSSR count). The maximum atomic E-state index is 12.0. The molecule has 0 aliphatic rings. The van der Waals surface area contributed by atoms with Gasteiger partial charge < -0.3 is 10.7 Å². The van der Waals surface area contributed by atoms with Gasteiger partial charge in [0.2, 0.25) is 0 Å². The molecule has 100 valence electrons. The summed E-state index contributed by atoms with van der Waals surface area (Å²) in [7, 11) is 1.76. The third-order valence-electron chi connectivity index (χ3n) is 2.44. The Morgan fingerprint density at radius 1 is 1.53 bits per heavy atom. The lowest BCUT2D eigenvalue weighted by atomic mass is 10.1. The van der Waals surface area contributed by atoms with Crippen molar-refractivity contribution in [2.24, 2.45) is 12.9 Å². The van der Waals surface area contributed by atoms with Gasteiger partial charge in [-0.1, -0.05) is 11.6 Å². The Kier molecular flexibility index (Phi) is 3.98. The Hall–Kier alpha value is -2.12. The number of hydrogen-bond donors (Lipinski definition) is 3. The fraction of sp³-hybridized carbons (Fsp3) is 0.182. The number of aromatic nitrogens is 3. The molecule has 8 heteroatoms. The number of hydrazine groups is 1. The molecule has 2 aromatic rings. The van der Waals surface area contributed by atoms with Gasteiger partial charge in [0.1, 0.15) is 6.33 Å². The number of carbonyl (C=O) groups excluding carboxylic acids is 1. The molecule has 1 aromatic heterocycles. The lowest BCUT2D eigenvalue weighted by Crippen LogP contribution is -2.25. The van der Waals surface area contributed by atoms with Crippen LogP contribution < -0.4 is 16.6 Å². The number of anilines is 1. The van der Waals surface area contributed by atoms with Crippen molar-refractivity contribution >= 4 is 23.2 Å². The van der Waals surface area contributed by atoms with Gasteiger partial charge in [0.05, 0.1) is 17.8 Å². The second-order valence-electron chi connectivity index (χ2n) is 3.85. The summed E-state index contributed by atoms with van der Waals surface area (Å²) >= 11 is 5.86. The average molecular weight is 281 g/mol. The van der Waals surface area contributed by atoms with E-state index in [9.17, 15) is 4.79 Å². The molecule has 0 saturated heterocycles. The topological polar surface area (TPSA) is 97.9 Å². The molecule has 0 aliphatic heterocycles. The molecule has 4 N–H and O–H groups in total. The highest BCUT2D eigenvalue weighted by molar-refractivity contribution is 6.31. The minimum atomic E-state index is -0.303. The lowest BCUT2D eigenvalue weighted by molar-refractivity contribution is 0.0950. The molecule has 0 spiro atoms. The summed E-state index contributed by atoms with van der Waals surface area (Å²) in [5.41, 5.74) is 3.31. The van der Waals surface area contributed by atoms with Gasteiger partial charge in [-0.25, -0.2) is 4.98 Å². The molecule has 0 atom stereocenters. The maximum absolute atomic E-state index is 12.0. The molecule has 19 heavy (non-hydrogen) atoms.